The minimum absolute atomic E-state index is 0.0901. The van der Waals surface area contributed by atoms with Crippen LogP contribution in [-0.2, 0) is 22.7 Å². The van der Waals surface area contributed by atoms with E-state index in [0.29, 0.717) is 13.1 Å². The van der Waals surface area contributed by atoms with Crippen LogP contribution in [0.25, 0.3) is 0 Å². The average molecular weight is 467 g/mol. The van der Waals surface area contributed by atoms with E-state index in [-0.39, 0.29) is 12.5 Å². The number of carboxylic acids is 1. The zero-order chi connectivity index (χ0) is 24.0. The van der Waals surface area contributed by atoms with Gasteiger partial charge in [0.1, 0.15) is 16.8 Å². The van der Waals surface area contributed by atoms with Gasteiger partial charge in [-0.15, -0.1) is 11.8 Å². The number of carboxylic acid groups (broad SMARTS) is 1. The number of aliphatic carboxylic acids is 1. The number of carbonyl (C=O) groups excluding carboxylic acids is 1. The van der Waals surface area contributed by atoms with Crippen molar-refractivity contribution in [2.75, 3.05) is 11.9 Å². The van der Waals surface area contributed by atoms with E-state index in [1.807, 2.05) is 80.3 Å². The minimum Gasteiger partial charge on any atom is -0.480 e. The molecular formula is C26H30N2O4S. The number of hydrogen-bond donors (Lipinski definition) is 2. The van der Waals surface area contributed by atoms with Gasteiger partial charge in [0.2, 0.25) is 5.91 Å². The van der Waals surface area contributed by atoms with E-state index >= 15 is 0 Å². The van der Waals surface area contributed by atoms with Crippen LogP contribution in [0.5, 0.6) is 0 Å². The smallest absolute Gasteiger partial charge is 0.316 e. The fraction of sp³-hybridized carbons (Fsp3) is 0.308. The number of nitrogens with zero attached hydrogens (tertiary/aromatic N) is 1. The van der Waals surface area contributed by atoms with Gasteiger partial charge in [0.25, 0.3) is 0 Å². The molecule has 0 saturated carbocycles. The number of amides is 1. The van der Waals surface area contributed by atoms with Crippen molar-refractivity contribution in [1.82, 2.24) is 4.90 Å². The van der Waals surface area contributed by atoms with E-state index in [2.05, 4.69) is 5.32 Å². The third kappa shape index (κ3) is 7.51. The first-order valence-corrected chi connectivity index (χ1v) is 11.7. The second-order valence-electron chi connectivity index (χ2n) is 8.27. The Labute approximate surface area is 199 Å². The lowest BCUT2D eigenvalue weighted by atomic mass is 10.1. The van der Waals surface area contributed by atoms with Crippen LogP contribution in [0.15, 0.2) is 63.9 Å². The van der Waals surface area contributed by atoms with Crippen molar-refractivity contribution in [1.29, 1.82) is 0 Å². The first-order valence-electron chi connectivity index (χ1n) is 10.8. The highest BCUT2D eigenvalue weighted by molar-refractivity contribution is 8.00. The number of thioether (sulfide) groups is 1. The molecular weight excluding hydrogens is 436 g/mol. The number of furan rings is 1. The zero-order valence-electron chi connectivity index (χ0n) is 19.4. The number of carbonyl (C=O) groups is 2. The Morgan fingerprint density at radius 3 is 2.36 bits per heavy atom. The van der Waals surface area contributed by atoms with Crippen molar-refractivity contribution in [3.8, 4) is 0 Å². The molecule has 1 heterocycles. The molecule has 1 amide bonds. The molecule has 174 valence electrons. The quantitative estimate of drug-likeness (QED) is 0.389. The fourth-order valence-corrected chi connectivity index (χ4v) is 4.29. The van der Waals surface area contributed by atoms with E-state index in [0.717, 1.165) is 38.8 Å². The molecule has 2 aromatic carbocycles. The first kappa shape index (κ1) is 24.6. The summed E-state index contributed by atoms with van der Waals surface area (Å²) < 4.78 is 5.74. The Balaban J connectivity index is 1.69. The lowest BCUT2D eigenvalue weighted by molar-refractivity contribution is -0.136. The van der Waals surface area contributed by atoms with Crippen molar-refractivity contribution in [3.05, 3.63) is 82.8 Å². The summed E-state index contributed by atoms with van der Waals surface area (Å²) >= 11 is 1.31. The number of benzene rings is 2. The molecule has 0 aliphatic carbocycles. The summed E-state index contributed by atoms with van der Waals surface area (Å²) in [6.45, 7) is 8.84. The fourth-order valence-electron chi connectivity index (χ4n) is 3.49. The van der Waals surface area contributed by atoms with Gasteiger partial charge in [-0.05, 0) is 69.2 Å². The molecule has 33 heavy (non-hydrogen) atoms. The van der Waals surface area contributed by atoms with Crippen molar-refractivity contribution in [2.45, 2.75) is 50.9 Å². The van der Waals surface area contributed by atoms with Gasteiger partial charge < -0.3 is 14.8 Å². The predicted molar refractivity (Wildman–Crippen MR) is 132 cm³/mol. The van der Waals surface area contributed by atoms with Crippen molar-refractivity contribution in [2.24, 2.45) is 0 Å². The number of nitrogens with one attached hydrogen (secondary N) is 1. The molecule has 0 bridgehead atoms. The number of anilines is 1. The van der Waals surface area contributed by atoms with Gasteiger partial charge in [-0.25, -0.2) is 0 Å². The van der Waals surface area contributed by atoms with Crippen LogP contribution < -0.4 is 5.32 Å². The lowest BCUT2D eigenvalue weighted by Gasteiger charge is -2.21. The monoisotopic (exact) mass is 466 g/mol. The molecule has 6 nitrogen and oxygen atoms in total. The third-order valence-electron chi connectivity index (χ3n) is 5.19. The van der Waals surface area contributed by atoms with Crippen molar-refractivity contribution >= 4 is 29.3 Å². The van der Waals surface area contributed by atoms with Crippen LogP contribution >= 0.6 is 11.8 Å². The highest BCUT2D eigenvalue weighted by atomic mass is 32.2. The van der Waals surface area contributed by atoms with E-state index < -0.39 is 11.2 Å². The van der Waals surface area contributed by atoms with E-state index in [1.54, 1.807) is 6.92 Å². The van der Waals surface area contributed by atoms with Crippen LogP contribution in [0.3, 0.4) is 0 Å². The van der Waals surface area contributed by atoms with Crippen molar-refractivity contribution in [3.63, 3.8) is 0 Å². The number of aryl methyl sites for hydroxylation is 3. The predicted octanol–water partition coefficient (Wildman–Crippen LogP) is 5.41. The SMILES string of the molecule is Cc1ccc(NC(=O)CN(Cc2ccc(SC(C)C(=O)O)cc2)Cc2ccc(C)o2)c(C)c1. The zero-order valence-corrected chi connectivity index (χ0v) is 20.2. The molecule has 0 aliphatic heterocycles. The Kier molecular flexibility index (Phi) is 8.36. The molecule has 7 heteroatoms. The van der Waals surface area contributed by atoms with Gasteiger partial charge in [-0.3, -0.25) is 14.5 Å². The lowest BCUT2D eigenvalue weighted by Crippen LogP contribution is -2.32. The molecule has 1 aromatic heterocycles. The van der Waals surface area contributed by atoms with E-state index in [4.69, 9.17) is 9.52 Å². The van der Waals surface area contributed by atoms with Crippen LogP contribution in [0.2, 0.25) is 0 Å². The third-order valence-corrected chi connectivity index (χ3v) is 6.29. The maximum atomic E-state index is 12.8. The summed E-state index contributed by atoms with van der Waals surface area (Å²) in [5.74, 6) is 0.708. The Hall–Kier alpha value is -3.03. The molecule has 0 radical (unpaired) electrons. The summed E-state index contributed by atoms with van der Waals surface area (Å²) in [5, 5.41) is 11.6. The topological polar surface area (TPSA) is 82.8 Å². The molecule has 0 spiro atoms. The van der Waals surface area contributed by atoms with Gasteiger partial charge in [-0.2, -0.15) is 0 Å². The Bertz CT molecular complexity index is 1110. The highest BCUT2D eigenvalue weighted by Gasteiger charge is 2.16. The van der Waals surface area contributed by atoms with Gasteiger partial charge in [0, 0.05) is 17.1 Å². The second kappa shape index (κ2) is 11.2. The van der Waals surface area contributed by atoms with Gasteiger partial charge in [-0.1, -0.05) is 29.8 Å². The normalized spacial score (nSPS) is 12.0. The van der Waals surface area contributed by atoms with Crippen LogP contribution in [0, 0.1) is 20.8 Å². The van der Waals surface area contributed by atoms with Gasteiger partial charge in [0.15, 0.2) is 0 Å². The molecule has 3 aromatic rings. The average Bonchev–Trinajstić information content (AvgIpc) is 3.16. The maximum Gasteiger partial charge on any atom is 0.316 e. The molecule has 1 atom stereocenters. The van der Waals surface area contributed by atoms with E-state index in [9.17, 15) is 9.59 Å². The summed E-state index contributed by atoms with van der Waals surface area (Å²) in [6, 6.07) is 17.6. The molecule has 3 rings (SSSR count). The number of rotatable bonds is 10. The van der Waals surface area contributed by atoms with Crippen molar-refractivity contribution < 1.29 is 19.1 Å². The van der Waals surface area contributed by atoms with Crippen LogP contribution in [0.4, 0.5) is 5.69 Å². The summed E-state index contributed by atoms with van der Waals surface area (Å²) in [5.41, 5.74) is 4.03. The number of hydrogen-bond acceptors (Lipinski definition) is 5. The molecule has 0 saturated heterocycles. The molecule has 2 N–H and O–H groups in total. The van der Waals surface area contributed by atoms with Crippen LogP contribution in [-0.4, -0.2) is 33.7 Å². The second-order valence-corrected chi connectivity index (χ2v) is 9.68. The maximum absolute atomic E-state index is 12.8. The minimum atomic E-state index is -0.834. The van der Waals surface area contributed by atoms with Gasteiger partial charge >= 0.3 is 5.97 Å². The highest BCUT2D eigenvalue weighted by Crippen LogP contribution is 2.24. The van der Waals surface area contributed by atoms with E-state index in [1.165, 1.54) is 11.8 Å². The van der Waals surface area contributed by atoms with Crippen LogP contribution in [0.1, 0.15) is 35.1 Å². The molecule has 0 fully saturated rings. The summed E-state index contributed by atoms with van der Waals surface area (Å²) in [6.07, 6.45) is 0. The summed E-state index contributed by atoms with van der Waals surface area (Å²) in [4.78, 5) is 26.9. The Morgan fingerprint density at radius 1 is 1.03 bits per heavy atom. The first-order chi connectivity index (χ1) is 15.7. The van der Waals surface area contributed by atoms with Gasteiger partial charge in [0.05, 0.1) is 13.1 Å². The molecule has 1 unspecified atom stereocenters. The summed E-state index contributed by atoms with van der Waals surface area (Å²) in [7, 11) is 0. The largest absolute Gasteiger partial charge is 0.480 e. The standard InChI is InChI=1S/C26H30N2O4S/c1-17-5-12-24(18(2)13-17)27-25(29)16-28(15-22-9-6-19(3)32-22)14-21-7-10-23(11-8-21)33-20(4)26(30)31/h5-13,20H,14-16H2,1-4H3,(H,27,29)(H,30,31). The molecule has 0 aliphatic rings. The Morgan fingerprint density at radius 2 is 1.76 bits per heavy atom.